The molecule has 7 heteroatoms. The number of urea groups is 1. The van der Waals surface area contributed by atoms with Crippen LogP contribution in [0.5, 0.6) is 5.19 Å². The number of ether oxygens (including phenoxy) is 1. The van der Waals surface area contributed by atoms with Gasteiger partial charge in [0.25, 0.3) is 5.19 Å². The van der Waals surface area contributed by atoms with Gasteiger partial charge in [0.05, 0.1) is 24.4 Å². The van der Waals surface area contributed by atoms with Crippen molar-refractivity contribution < 1.29 is 9.53 Å². The topological polar surface area (TPSA) is 89.6 Å². The van der Waals surface area contributed by atoms with Gasteiger partial charge in [-0.15, -0.1) is 0 Å². The molecule has 1 heterocycles. The lowest BCUT2D eigenvalue weighted by atomic mass is 10.6. The van der Waals surface area contributed by atoms with Gasteiger partial charge in [-0.25, -0.2) is 15.2 Å². The van der Waals surface area contributed by atoms with E-state index in [9.17, 15) is 4.79 Å². The fourth-order valence-electron chi connectivity index (χ4n) is 0.583. The zero-order chi connectivity index (χ0) is 9.68. The van der Waals surface area contributed by atoms with Gasteiger partial charge in [-0.1, -0.05) is 11.3 Å². The Morgan fingerprint density at radius 1 is 1.92 bits per heavy atom. The van der Waals surface area contributed by atoms with E-state index in [1.807, 2.05) is 0 Å². The Bertz CT molecular complexity index is 322. The normalized spacial score (nSPS) is 10.2. The summed E-state index contributed by atoms with van der Waals surface area (Å²) in [7, 11) is 1.53. The fourth-order valence-corrected chi connectivity index (χ4v) is 1.18. The molecule has 0 saturated heterocycles. The van der Waals surface area contributed by atoms with E-state index in [4.69, 9.17) is 10.5 Å². The van der Waals surface area contributed by atoms with E-state index in [1.165, 1.54) is 24.7 Å². The van der Waals surface area contributed by atoms with Gasteiger partial charge < -0.3 is 10.5 Å². The molecule has 0 spiro atoms. The van der Waals surface area contributed by atoms with Gasteiger partial charge in [-0.2, -0.15) is 5.10 Å². The quantitative estimate of drug-likeness (QED) is 0.537. The van der Waals surface area contributed by atoms with E-state index in [2.05, 4.69) is 15.5 Å². The van der Waals surface area contributed by atoms with Crippen LogP contribution in [-0.4, -0.2) is 24.3 Å². The van der Waals surface area contributed by atoms with E-state index in [1.54, 1.807) is 6.20 Å². The van der Waals surface area contributed by atoms with Crippen LogP contribution in [0.3, 0.4) is 0 Å². The smallest absolute Gasteiger partial charge is 0.332 e. The molecule has 0 aliphatic rings. The number of aromatic nitrogens is 1. The zero-order valence-corrected chi connectivity index (χ0v) is 7.67. The third-order valence-corrected chi connectivity index (χ3v) is 1.94. The summed E-state index contributed by atoms with van der Waals surface area (Å²) in [5.74, 6) is 0. The minimum Gasteiger partial charge on any atom is -0.473 e. The highest BCUT2D eigenvalue weighted by Crippen LogP contribution is 2.17. The van der Waals surface area contributed by atoms with E-state index in [0.717, 1.165) is 4.88 Å². The number of thiazole rings is 1. The van der Waals surface area contributed by atoms with Gasteiger partial charge in [0.1, 0.15) is 0 Å². The molecule has 70 valence electrons. The van der Waals surface area contributed by atoms with E-state index in [-0.39, 0.29) is 0 Å². The molecular weight excluding hydrogens is 192 g/mol. The molecule has 3 N–H and O–H groups in total. The van der Waals surface area contributed by atoms with Gasteiger partial charge >= 0.3 is 6.03 Å². The molecule has 0 unspecified atom stereocenters. The largest absolute Gasteiger partial charge is 0.473 e. The second-order valence-electron chi connectivity index (χ2n) is 1.97. The summed E-state index contributed by atoms with van der Waals surface area (Å²) in [4.78, 5) is 14.9. The van der Waals surface area contributed by atoms with Gasteiger partial charge in [0.2, 0.25) is 0 Å². The van der Waals surface area contributed by atoms with Crippen molar-refractivity contribution in [1.29, 1.82) is 0 Å². The van der Waals surface area contributed by atoms with Crippen LogP contribution in [0.25, 0.3) is 0 Å². The molecule has 1 rings (SSSR count). The maximum absolute atomic E-state index is 10.2. The first-order chi connectivity index (χ1) is 6.22. The van der Waals surface area contributed by atoms with Crippen LogP contribution in [0, 0.1) is 0 Å². The summed E-state index contributed by atoms with van der Waals surface area (Å²) in [6, 6.07) is -0.701. The third kappa shape index (κ3) is 3.08. The number of amides is 2. The number of nitrogens with two attached hydrogens (primary N) is 1. The number of rotatable bonds is 3. The lowest BCUT2D eigenvalue weighted by Crippen LogP contribution is -2.24. The van der Waals surface area contributed by atoms with Crippen molar-refractivity contribution in [2.75, 3.05) is 7.11 Å². The second kappa shape index (κ2) is 4.41. The Morgan fingerprint density at radius 2 is 2.69 bits per heavy atom. The first-order valence-corrected chi connectivity index (χ1v) is 4.12. The number of carbonyl (C=O) groups excluding carboxylic acids is 1. The predicted octanol–water partition coefficient (Wildman–Crippen LogP) is 0.154. The van der Waals surface area contributed by atoms with Gasteiger partial charge in [-0.3, -0.25) is 0 Å². The molecule has 6 nitrogen and oxygen atoms in total. The molecule has 13 heavy (non-hydrogen) atoms. The number of nitrogens with one attached hydrogen (secondary N) is 1. The number of primary amides is 1. The highest BCUT2D eigenvalue weighted by atomic mass is 32.1. The van der Waals surface area contributed by atoms with Crippen molar-refractivity contribution in [1.82, 2.24) is 10.4 Å². The number of hydrogen-bond donors (Lipinski definition) is 2. The van der Waals surface area contributed by atoms with E-state index < -0.39 is 6.03 Å². The molecule has 0 aliphatic heterocycles. The molecule has 1 aromatic rings. The lowest BCUT2D eigenvalue weighted by molar-refractivity contribution is 0.249. The standard InChI is InChI=1S/C6H8N4O2S/c1-12-6-8-2-4(13-6)3-9-10-5(7)11/h2-3H,1H3,(H3,7,10,11)/b9-3+. The first kappa shape index (κ1) is 9.46. The minimum atomic E-state index is -0.701. The number of hydrogen-bond acceptors (Lipinski definition) is 5. The third-order valence-electron chi connectivity index (χ3n) is 1.04. The average Bonchev–Trinajstić information content (AvgIpc) is 2.52. The van der Waals surface area contributed by atoms with Crippen molar-refractivity contribution in [2.24, 2.45) is 10.8 Å². The summed E-state index contributed by atoms with van der Waals surface area (Å²) >= 11 is 1.31. The van der Waals surface area contributed by atoms with Gasteiger partial charge in [0, 0.05) is 0 Å². The molecule has 0 aromatic carbocycles. The van der Waals surface area contributed by atoms with E-state index in [0.29, 0.717) is 5.19 Å². The van der Waals surface area contributed by atoms with E-state index >= 15 is 0 Å². The number of nitrogens with zero attached hydrogens (tertiary/aromatic N) is 2. The predicted molar refractivity (Wildman–Crippen MR) is 49.0 cm³/mol. The summed E-state index contributed by atoms with van der Waals surface area (Å²) < 4.78 is 4.86. The van der Waals surface area contributed by atoms with Crippen molar-refractivity contribution in [3.63, 3.8) is 0 Å². The highest BCUT2D eigenvalue weighted by molar-refractivity contribution is 7.15. The van der Waals surface area contributed by atoms with Crippen molar-refractivity contribution >= 4 is 23.6 Å². The molecule has 0 atom stereocenters. The molecule has 0 saturated carbocycles. The molecule has 1 aromatic heterocycles. The van der Waals surface area contributed by atoms with Gasteiger partial charge in [-0.05, 0) is 0 Å². The Kier molecular flexibility index (Phi) is 3.21. The minimum absolute atomic E-state index is 0.542. The van der Waals surface area contributed by atoms with Crippen molar-refractivity contribution in [2.45, 2.75) is 0 Å². The zero-order valence-electron chi connectivity index (χ0n) is 6.85. The maximum Gasteiger partial charge on any atom is 0.332 e. The Balaban J connectivity index is 2.53. The second-order valence-corrected chi connectivity index (χ2v) is 2.99. The summed E-state index contributed by atoms with van der Waals surface area (Å²) in [6.07, 6.45) is 3.01. The molecule has 0 fully saturated rings. The Morgan fingerprint density at radius 3 is 3.23 bits per heavy atom. The highest BCUT2D eigenvalue weighted by Gasteiger charge is 1.97. The lowest BCUT2D eigenvalue weighted by Gasteiger charge is -1.88. The maximum atomic E-state index is 10.2. The molecule has 0 bridgehead atoms. The summed E-state index contributed by atoms with van der Waals surface area (Å²) in [6.45, 7) is 0. The average molecular weight is 200 g/mol. The van der Waals surface area contributed by atoms with Crippen LogP contribution in [0.15, 0.2) is 11.3 Å². The fraction of sp³-hybridized carbons (Fsp3) is 0.167. The molecular formula is C6H8N4O2S. The van der Waals surface area contributed by atoms with Crippen LogP contribution in [0.1, 0.15) is 4.88 Å². The van der Waals surface area contributed by atoms with Crippen molar-refractivity contribution in [3.8, 4) is 5.19 Å². The summed E-state index contributed by atoms with van der Waals surface area (Å²) in [5.41, 5.74) is 6.85. The molecule has 0 aliphatic carbocycles. The van der Waals surface area contributed by atoms with Crippen LogP contribution in [0.2, 0.25) is 0 Å². The van der Waals surface area contributed by atoms with Crippen LogP contribution in [0.4, 0.5) is 4.79 Å². The number of hydrazone groups is 1. The molecule has 2 amide bonds. The Labute approximate surface area is 78.4 Å². The Hall–Kier alpha value is -1.63. The van der Waals surface area contributed by atoms with Crippen LogP contribution >= 0.6 is 11.3 Å². The van der Waals surface area contributed by atoms with Gasteiger partial charge in [0.15, 0.2) is 0 Å². The van der Waals surface area contributed by atoms with Crippen LogP contribution < -0.4 is 15.9 Å². The molecule has 0 radical (unpaired) electrons. The van der Waals surface area contributed by atoms with Crippen LogP contribution in [-0.2, 0) is 0 Å². The first-order valence-electron chi connectivity index (χ1n) is 3.30. The monoisotopic (exact) mass is 200 g/mol. The number of carbonyl (C=O) groups is 1. The SMILES string of the molecule is COc1ncc(/C=N/NC(N)=O)s1. The summed E-state index contributed by atoms with van der Waals surface area (Å²) in [5, 5.41) is 4.10. The van der Waals surface area contributed by atoms with Crippen molar-refractivity contribution in [3.05, 3.63) is 11.1 Å². The number of methoxy groups -OCH3 is 1.